The minimum atomic E-state index is -0.938. The number of carbonyl (C=O) groups is 2. The van der Waals surface area contributed by atoms with Gasteiger partial charge in [-0.25, -0.2) is 4.39 Å². The first-order chi connectivity index (χ1) is 14.5. The highest BCUT2D eigenvalue weighted by Gasteiger charge is 2.47. The van der Waals surface area contributed by atoms with E-state index in [1.54, 1.807) is 54.6 Å². The van der Waals surface area contributed by atoms with Crippen molar-refractivity contribution in [2.45, 2.75) is 6.04 Å². The van der Waals surface area contributed by atoms with Crippen LogP contribution in [0.5, 0.6) is 5.75 Å². The van der Waals surface area contributed by atoms with Crippen LogP contribution in [0, 0.1) is 5.82 Å². The number of amides is 1. The molecule has 0 aromatic heterocycles. The first-order valence-corrected chi connectivity index (χ1v) is 9.28. The molecule has 0 saturated carbocycles. The SMILES string of the molecule is COc1ccccc1[C@@H]1/C(=C(\O)c2ccccc2)C(=O)C(=O)N1c1ccc(F)cc1. The van der Waals surface area contributed by atoms with Crippen LogP contribution in [0.4, 0.5) is 10.1 Å². The van der Waals surface area contributed by atoms with Crippen molar-refractivity contribution in [3.05, 3.63) is 101 Å². The first-order valence-electron chi connectivity index (χ1n) is 9.28. The zero-order valence-corrected chi connectivity index (χ0v) is 16.1. The number of aliphatic hydroxyl groups is 1. The summed E-state index contributed by atoms with van der Waals surface area (Å²) < 4.78 is 18.9. The fourth-order valence-corrected chi connectivity index (χ4v) is 3.64. The molecule has 6 heteroatoms. The number of benzene rings is 3. The fourth-order valence-electron chi connectivity index (χ4n) is 3.64. The van der Waals surface area contributed by atoms with Crippen molar-refractivity contribution < 1.29 is 23.8 Å². The maximum atomic E-state index is 13.5. The van der Waals surface area contributed by atoms with E-state index in [1.807, 2.05) is 0 Å². The smallest absolute Gasteiger partial charge is 0.300 e. The molecule has 1 atom stereocenters. The molecule has 0 unspecified atom stereocenters. The van der Waals surface area contributed by atoms with E-state index in [2.05, 4.69) is 0 Å². The van der Waals surface area contributed by atoms with Crippen LogP contribution in [0.2, 0.25) is 0 Å². The summed E-state index contributed by atoms with van der Waals surface area (Å²) in [5.41, 5.74) is 1.22. The Morgan fingerprint density at radius 2 is 1.57 bits per heavy atom. The van der Waals surface area contributed by atoms with Crippen LogP contribution in [0.25, 0.3) is 5.76 Å². The van der Waals surface area contributed by atoms with Crippen LogP contribution in [-0.2, 0) is 9.59 Å². The molecule has 30 heavy (non-hydrogen) atoms. The van der Waals surface area contributed by atoms with Gasteiger partial charge in [-0.15, -0.1) is 0 Å². The average molecular weight is 403 g/mol. The van der Waals surface area contributed by atoms with Gasteiger partial charge in [-0.2, -0.15) is 0 Å². The molecule has 0 aliphatic carbocycles. The van der Waals surface area contributed by atoms with Crippen molar-refractivity contribution in [3.8, 4) is 5.75 Å². The van der Waals surface area contributed by atoms with Gasteiger partial charge in [0.25, 0.3) is 11.7 Å². The highest BCUT2D eigenvalue weighted by atomic mass is 19.1. The van der Waals surface area contributed by atoms with E-state index in [0.29, 0.717) is 22.6 Å². The molecule has 3 aromatic carbocycles. The lowest BCUT2D eigenvalue weighted by atomic mass is 9.94. The summed E-state index contributed by atoms with van der Waals surface area (Å²) in [6, 6.07) is 19.8. The monoisotopic (exact) mass is 403 g/mol. The lowest BCUT2D eigenvalue weighted by molar-refractivity contribution is -0.132. The maximum Gasteiger partial charge on any atom is 0.300 e. The third kappa shape index (κ3) is 3.22. The largest absolute Gasteiger partial charge is 0.507 e. The zero-order valence-electron chi connectivity index (χ0n) is 16.1. The quantitative estimate of drug-likeness (QED) is 0.397. The number of para-hydroxylation sites is 1. The van der Waals surface area contributed by atoms with E-state index in [0.717, 1.165) is 0 Å². The molecule has 0 spiro atoms. The zero-order chi connectivity index (χ0) is 21.3. The Kier molecular flexibility index (Phi) is 5.06. The number of methoxy groups -OCH3 is 1. The third-order valence-corrected chi connectivity index (χ3v) is 5.03. The molecule has 1 N–H and O–H groups in total. The van der Waals surface area contributed by atoms with Gasteiger partial charge in [0.05, 0.1) is 18.7 Å². The Hall–Kier alpha value is -3.93. The Balaban J connectivity index is 1.98. The highest BCUT2D eigenvalue weighted by Crippen LogP contribution is 2.44. The third-order valence-electron chi connectivity index (χ3n) is 5.03. The minimum Gasteiger partial charge on any atom is -0.507 e. The van der Waals surface area contributed by atoms with Crippen molar-refractivity contribution in [2.24, 2.45) is 0 Å². The Morgan fingerprint density at radius 1 is 0.933 bits per heavy atom. The van der Waals surface area contributed by atoms with Gasteiger partial charge in [-0.05, 0) is 30.3 Å². The van der Waals surface area contributed by atoms with Gasteiger partial charge in [0.1, 0.15) is 17.3 Å². The van der Waals surface area contributed by atoms with E-state index in [9.17, 15) is 19.1 Å². The summed E-state index contributed by atoms with van der Waals surface area (Å²) in [4.78, 5) is 27.3. The number of ketones is 1. The number of ether oxygens (including phenoxy) is 1. The van der Waals surface area contributed by atoms with E-state index in [1.165, 1.54) is 36.3 Å². The van der Waals surface area contributed by atoms with Crippen molar-refractivity contribution in [3.63, 3.8) is 0 Å². The van der Waals surface area contributed by atoms with Gasteiger partial charge in [-0.3, -0.25) is 14.5 Å². The molecule has 4 rings (SSSR count). The second-order valence-electron chi connectivity index (χ2n) is 6.75. The molecule has 1 aliphatic heterocycles. The van der Waals surface area contributed by atoms with Crippen molar-refractivity contribution in [2.75, 3.05) is 12.0 Å². The fraction of sp³-hybridized carbons (Fsp3) is 0.0833. The number of hydrogen-bond donors (Lipinski definition) is 1. The van der Waals surface area contributed by atoms with Crippen LogP contribution >= 0.6 is 0 Å². The summed E-state index contributed by atoms with van der Waals surface area (Å²) in [7, 11) is 1.49. The molecule has 1 aliphatic rings. The van der Waals surface area contributed by atoms with E-state index in [-0.39, 0.29) is 11.3 Å². The number of rotatable bonds is 4. The number of hydrogen-bond acceptors (Lipinski definition) is 4. The Morgan fingerprint density at radius 3 is 2.23 bits per heavy atom. The van der Waals surface area contributed by atoms with Crippen molar-refractivity contribution >= 4 is 23.1 Å². The van der Waals surface area contributed by atoms with Crippen LogP contribution in [0.3, 0.4) is 0 Å². The normalized spacial score (nSPS) is 17.9. The Labute approximate surface area is 172 Å². The lowest BCUT2D eigenvalue weighted by Gasteiger charge is -2.26. The molecule has 0 radical (unpaired) electrons. The first kappa shape index (κ1) is 19.4. The lowest BCUT2D eigenvalue weighted by Crippen LogP contribution is -2.29. The molecule has 0 bridgehead atoms. The number of nitrogens with zero attached hydrogens (tertiary/aromatic N) is 1. The van der Waals surface area contributed by atoms with Crippen molar-refractivity contribution in [1.82, 2.24) is 0 Å². The van der Waals surface area contributed by atoms with Gasteiger partial charge in [-0.1, -0.05) is 48.5 Å². The summed E-state index contributed by atoms with van der Waals surface area (Å²) in [6.07, 6.45) is 0. The van der Waals surface area contributed by atoms with Gasteiger partial charge < -0.3 is 9.84 Å². The highest BCUT2D eigenvalue weighted by molar-refractivity contribution is 6.51. The second kappa shape index (κ2) is 7.83. The van der Waals surface area contributed by atoms with Crippen LogP contribution in [-0.4, -0.2) is 23.9 Å². The molecule has 3 aromatic rings. The average Bonchev–Trinajstić information content (AvgIpc) is 3.05. The predicted octanol–water partition coefficient (Wildman–Crippen LogP) is 4.46. The topological polar surface area (TPSA) is 66.8 Å². The molecule has 5 nitrogen and oxygen atoms in total. The molecule has 150 valence electrons. The molecular formula is C24H18FNO4. The molecule has 1 saturated heterocycles. The van der Waals surface area contributed by atoms with E-state index >= 15 is 0 Å². The predicted molar refractivity (Wildman–Crippen MR) is 111 cm³/mol. The number of Topliss-reactive ketones (excluding diaryl/α,β-unsaturated/α-hetero) is 1. The number of anilines is 1. The van der Waals surface area contributed by atoms with Gasteiger partial charge >= 0.3 is 0 Å². The minimum absolute atomic E-state index is 0.0555. The summed E-state index contributed by atoms with van der Waals surface area (Å²) in [6.45, 7) is 0. The Bertz CT molecular complexity index is 1140. The van der Waals surface area contributed by atoms with Gasteiger partial charge in [0, 0.05) is 16.8 Å². The van der Waals surface area contributed by atoms with Crippen LogP contribution in [0.1, 0.15) is 17.2 Å². The molecule has 1 fully saturated rings. The van der Waals surface area contributed by atoms with E-state index < -0.39 is 23.5 Å². The summed E-state index contributed by atoms with van der Waals surface area (Å²) in [5, 5.41) is 11.0. The molecular weight excluding hydrogens is 385 g/mol. The van der Waals surface area contributed by atoms with Gasteiger partial charge in [0.2, 0.25) is 0 Å². The number of carbonyl (C=O) groups excluding carboxylic acids is 2. The standard InChI is InChI=1S/C24H18FNO4/c1-30-19-10-6-5-9-18(19)21-20(22(27)15-7-3-2-4-8-15)23(28)24(29)26(21)17-13-11-16(25)12-14-17/h2-14,21,27H,1H3/b22-20+/t21-/m1/s1. The van der Waals surface area contributed by atoms with E-state index in [4.69, 9.17) is 4.74 Å². The summed E-state index contributed by atoms with van der Waals surface area (Å²) in [5.74, 6) is -1.93. The van der Waals surface area contributed by atoms with Crippen LogP contribution < -0.4 is 9.64 Å². The summed E-state index contributed by atoms with van der Waals surface area (Å²) >= 11 is 0. The van der Waals surface area contributed by atoms with Crippen molar-refractivity contribution in [1.29, 1.82) is 0 Å². The van der Waals surface area contributed by atoms with Crippen LogP contribution in [0.15, 0.2) is 84.4 Å². The molecule has 1 heterocycles. The maximum absolute atomic E-state index is 13.5. The second-order valence-corrected chi connectivity index (χ2v) is 6.75. The number of aliphatic hydroxyl groups excluding tert-OH is 1. The number of halogens is 1. The van der Waals surface area contributed by atoms with Gasteiger partial charge in [0.15, 0.2) is 0 Å². The molecule has 1 amide bonds.